The molecule has 5 nitrogen and oxygen atoms in total. The molecule has 0 fully saturated rings. The maximum Gasteiger partial charge on any atom is 0.164 e. The van der Waals surface area contributed by atoms with Crippen LogP contribution in [-0.4, -0.2) is 15.0 Å². The first-order chi connectivity index (χ1) is 29.7. The number of hydrogen-bond acceptors (Lipinski definition) is 5. The molecule has 13 aromatic rings. The van der Waals surface area contributed by atoms with Crippen LogP contribution in [0.1, 0.15) is 0 Å². The molecule has 10 aromatic carbocycles. The first-order valence-electron chi connectivity index (χ1n) is 20.2. The van der Waals surface area contributed by atoms with Crippen LogP contribution in [-0.2, 0) is 0 Å². The number of hydrogen-bond donors (Lipinski definition) is 0. The lowest BCUT2D eigenvalue weighted by molar-refractivity contribution is 0.669. The zero-order valence-corrected chi connectivity index (χ0v) is 32.1. The molecule has 13 rings (SSSR count). The molecule has 0 atom stereocenters. The molecule has 0 amide bonds. The third-order valence-electron chi connectivity index (χ3n) is 12.1. The molecule has 0 saturated carbocycles. The Morgan fingerprint density at radius 2 is 0.867 bits per heavy atom. The number of para-hydroxylation sites is 2. The van der Waals surface area contributed by atoms with Crippen molar-refractivity contribution in [3.8, 4) is 45.3 Å². The molecule has 0 radical (unpaired) electrons. The molecule has 60 heavy (non-hydrogen) atoms. The van der Waals surface area contributed by atoms with Gasteiger partial charge in [-0.2, -0.15) is 0 Å². The molecule has 3 aromatic heterocycles. The predicted molar refractivity (Wildman–Crippen MR) is 246 cm³/mol. The van der Waals surface area contributed by atoms with Gasteiger partial charge in [-0.25, -0.2) is 15.0 Å². The van der Waals surface area contributed by atoms with Gasteiger partial charge in [0.15, 0.2) is 17.5 Å². The van der Waals surface area contributed by atoms with E-state index in [9.17, 15) is 0 Å². The van der Waals surface area contributed by atoms with Gasteiger partial charge in [-0.3, -0.25) is 0 Å². The van der Waals surface area contributed by atoms with Crippen LogP contribution in [0.5, 0.6) is 0 Å². The number of rotatable bonds is 4. The number of aromatic nitrogens is 3. The van der Waals surface area contributed by atoms with E-state index < -0.39 is 0 Å². The highest BCUT2D eigenvalue weighted by Gasteiger charge is 2.20. The summed E-state index contributed by atoms with van der Waals surface area (Å²) in [5.74, 6) is 1.76. The maximum atomic E-state index is 6.75. The fraction of sp³-hybridized carbons (Fsp3) is 0. The molecule has 5 heteroatoms. The fourth-order valence-electron chi connectivity index (χ4n) is 9.13. The summed E-state index contributed by atoms with van der Waals surface area (Å²) in [6, 6.07) is 65.8. The van der Waals surface area contributed by atoms with E-state index in [1.54, 1.807) is 0 Å². The van der Waals surface area contributed by atoms with Crippen molar-refractivity contribution in [3.05, 3.63) is 188 Å². The van der Waals surface area contributed by atoms with Gasteiger partial charge in [0.1, 0.15) is 22.3 Å². The van der Waals surface area contributed by atoms with Crippen LogP contribution in [0, 0.1) is 0 Å². The average molecular weight is 766 g/mol. The van der Waals surface area contributed by atoms with Crippen LogP contribution in [0.15, 0.2) is 197 Å². The highest BCUT2D eigenvalue weighted by atomic mass is 16.3. The van der Waals surface area contributed by atoms with Crippen molar-refractivity contribution in [2.45, 2.75) is 0 Å². The Bertz CT molecular complexity index is 3910. The molecular formula is C55H31N3O2. The van der Waals surface area contributed by atoms with Gasteiger partial charge in [0, 0.05) is 43.8 Å². The molecule has 0 bridgehead atoms. The molecule has 3 heterocycles. The van der Waals surface area contributed by atoms with Crippen LogP contribution in [0.4, 0.5) is 0 Å². The molecule has 0 aliphatic heterocycles. The Balaban J connectivity index is 1.02. The van der Waals surface area contributed by atoms with E-state index in [0.29, 0.717) is 17.5 Å². The minimum Gasteiger partial charge on any atom is -0.456 e. The highest BCUT2D eigenvalue weighted by molar-refractivity contribution is 6.15. The van der Waals surface area contributed by atoms with Gasteiger partial charge in [0.05, 0.1) is 0 Å². The first kappa shape index (κ1) is 32.9. The van der Waals surface area contributed by atoms with Crippen molar-refractivity contribution >= 4 is 87.0 Å². The Morgan fingerprint density at radius 3 is 1.77 bits per heavy atom. The smallest absolute Gasteiger partial charge is 0.164 e. The van der Waals surface area contributed by atoms with Crippen molar-refractivity contribution in [3.63, 3.8) is 0 Å². The van der Waals surface area contributed by atoms with Crippen molar-refractivity contribution in [2.75, 3.05) is 0 Å². The van der Waals surface area contributed by atoms with Gasteiger partial charge in [-0.15, -0.1) is 0 Å². The van der Waals surface area contributed by atoms with Crippen LogP contribution in [0.25, 0.3) is 132 Å². The van der Waals surface area contributed by atoms with E-state index in [1.165, 1.54) is 26.9 Å². The molecule has 0 aliphatic rings. The van der Waals surface area contributed by atoms with Gasteiger partial charge < -0.3 is 8.83 Å². The lowest BCUT2D eigenvalue weighted by atomic mass is 9.98. The Kier molecular flexibility index (Phi) is 6.95. The van der Waals surface area contributed by atoms with E-state index in [4.69, 9.17) is 23.8 Å². The predicted octanol–water partition coefficient (Wildman–Crippen LogP) is 15.0. The van der Waals surface area contributed by atoms with Crippen molar-refractivity contribution in [2.24, 2.45) is 0 Å². The highest BCUT2D eigenvalue weighted by Crippen LogP contribution is 2.41. The molecular weight excluding hydrogens is 735 g/mol. The Labute approximate surface area is 342 Å². The van der Waals surface area contributed by atoms with Crippen molar-refractivity contribution in [1.82, 2.24) is 15.0 Å². The van der Waals surface area contributed by atoms with Gasteiger partial charge in [0.2, 0.25) is 0 Å². The fourth-order valence-corrected chi connectivity index (χ4v) is 9.13. The van der Waals surface area contributed by atoms with Gasteiger partial charge in [0.25, 0.3) is 0 Å². The summed E-state index contributed by atoms with van der Waals surface area (Å²) >= 11 is 0. The number of fused-ring (bicyclic) bond motifs is 11. The Hall–Kier alpha value is -8.15. The first-order valence-corrected chi connectivity index (χ1v) is 20.2. The minimum atomic E-state index is 0.575. The lowest BCUT2D eigenvalue weighted by Gasteiger charge is -2.11. The summed E-state index contributed by atoms with van der Waals surface area (Å²) in [7, 11) is 0. The molecule has 0 saturated heterocycles. The van der Waals surface area contributed by atoms with Gasteiger partial charge in [-0.1, -0.05) is 146 Å². The number of benzene rings is 10. The monoisotopic (exact) mass is 765 g/mol. The Morgan fingerprint density at radius 1 is 0.283 bits per heavy atom. The van der Waals surface area contributed by atoms with Gasteiger partial charge >= 0.3 is 0 Å². The van der Waals surface area contributed by atoms with Crippen LogP contribution in [0.3, 0.4) is 0 Å². The van der Waals surface area contributed by atoms with E-state index in [2.05, 4.69) is 164 Å². The third-order valence-corrected chi connectivity index (χ3v) is 12.1. The van der Waals surface area contributed by atoms with E-state index >= 15 is 0 Å². The molecule has 0 N–H and O–H groups in total. The van der Waals surface area contributed by atoms with E-state index in [0.717, 1.165) is 87.9 Å². The minimum absolute atomic E-state index is 0.575. The molecule has 0 spiro atoms. The summed E-state index contributed by atoms with van der Waals surface area (Å²) in [4.78, 5) is 15.8. The SMILES string of the molecule is c1ccc2cc(-c3cccc4c3oc3cccc(-c5nc(-c6ccc7cc8c(cc7c6)oc6ccccc68)nc(-c6ccc7c(ccc8ccccc87)c6)n5)c34)ccc2c1. The standard InChI is InChI=1S/C55H31N3O2/c1-2-11-34-27-37(22-19-32(34)9-1)43-14-7-15-45-51-46(16-8-18-49(51)60-52(43)45)55-57-53(38-24-21-35-30-47-44-13-5-6-17-48(44)59-50(47)31-40(35)29-38)56-54(58-55)39-25-26-42-36(28-39)23-20-33-10-3-4-12-41(33)42/h1-31H. The number of furan rings is 2. The summed E-state index contributed by atoms with van der Waals surface area (Å²) < 4.78 is 13.0. The quantitative estimate of drug-likeness (QED) is 0.167. The topological polar surface area (TPSA) is 65.0 Å². The van der Waals surface area contributed by atoms with Crippen LogP contribution >= 0.6 is 0 Å². The van der Waals surface area contributed by atoms with Gasteiger partial charge in [-0.05, 0) is 91.1 Å². The number of nitrogens with zero attached hydrogens (tertiary/aromatic N) is 3. The second-order valence-electron chi connectivity index (χ2n) is 15.6. The largest absolute Gasteiger partial charge is 0.456 e. The van der Waals surface area contributed by atoms with Crippen LogP contribution < -0.4 is 0 Å². The molecule has 0 aliphatic carbocycles. The zero-order valence-electron chi connectivity index (χ0n) is 32.1. The average Bonchev–Trinajstić information content (AvgIpc) is 3.88. The normalized spacial score (nSPS) is 12.0. The molecule has 0 unspecified atom stereocenters. The lowest BCUT2D eigenvalue weighted by Crippen LogP contribution is -2.00. The second kappa shape index (κ2) is 12.7. The van der Waals surface area contributed by atoms with Crippen molar-refractivity contribution < 1.29 is 8.83 Å². The van der Waals surface area contributed by atoms with Crippen LogP contribution in [0.2, 0.25) is 0 Å². The maximum absolute atomic E-state index is 6.75. The zero-order chi connectivity index (χ0) is 39.3. The second-order valence-corrected chi connectivity index (χ2v) is 15.6. The van der Waals surface area contributed by atoms with E-state index in [-0.39, 0.29) is 0 Å². The summed E-state index contributed by atoms with van der Waals surface area (Å²) in [6.45, 7) is 0. The third kappa shape index (κ3) is 5.09. The summed E-state index contributed by atoms with van der Waals surface area (Å²) in [5.41, 5.74) is 8.15. The summed E-state index contributed by atoms with van der Waals surface area (Å²) in [5, 5.41) is 13.5. The molecule has 278 valence electrons. The van der Waals surface area contributed by atoms with E-state index in [1.807, 2.05) is 24.3 Å². The van der Waals surface area contributed by atoms with Crippen molar-refractivity contribution in [1.29, 1.82) is 0 Å². The summed E-state index contributed by atoms with van der Waals surface area (Å²) in [6.07, 6.45) is 0.